The van der Waals surface area contributed by atoms with Crippen molar-refractivity contribution in [3.05, 3.63) is 60.2 Å². The fourth-order valence-electron chi connectivity index (χ4n) is 2.51. The highest BCUT2D eigenvalue weighted by atomic mass is 16.3. The lowest BCUT2D eigenvalue weighted by molar-refractivity contribution is -0.129. The van der Waals surface area contributed by atoms with E-state index in [9.17, 15) is 9.90 Å². The first-order valence-electron chi connectivity index (χ1n) is 7.00. The monoisotopic (exact) mass is 271 g/mol. The smallest absolute Gasteiger partial charge is 0.230 e. The summed E-state index contributed by atoms with van der Waals surface area (Å²) in [6.07, 6.45) is 8.69. The van der Waals surface area contributed by atoms with Crippen LogP contribution in [0.25, 0.3) is 0 Å². The summed E-state index contributed by atoms with van der Waals surface area (Å²) in [5.41, 5.74) is 0.00170. The summed E-state index contributed by atoms with van der Waals surface area (Å²) in [5, 5.41) is 13.5. The minimum Gasteiger partial charge on any atom is -0.385 e. The number of carbonyl (C=O) groups is 1. The first-order chi connectivity index (χ1) is 9.65. The highest BCUT2D eigenvalue weighted by Crippen LogP contribution is 2.31. The van der Waals surface area contributed by atoms with Gasteiger partial charge in [0, 0.05) is 6.54 Å². The minimum atomic E-state index is -1.05. The fraction of sp³-hybridized carbons (Fsp3) is 0.353. The molecule has 0 aromatic heterocycles. The lowest BCUT2D eigenvalue weighted by atomic mass is 9.85. The number of hydrogen-bond donors (Lipinski definition) is 2. The normalized spacial score (nSPS) is 23.1. The predicted octanol–water partition coefficient (Wildman–Crippen LogP) is 2.58. The van der Waals surface area contributed by atoms with Gasteiger partial charge in [-0.3, -0.25) is 4.79 Å². The first-order valence-corrected chi connectivity index (χ1v) is 7.00. The van der Waals surface area contributed by atoms with E-state index < -0.39 is 11.5 Å². The van der Waals surface area contributed by atoms with Crippen LogP contribution in [0.15, 0.2) is 54.6 Å². The number of carbonyl (C=O) groups excluding carboxylic acids is 1. The van der Waals surface area contributed by atoms with Crippen molar-refractivity contribution in [3.63, 3.8) is 0 Å². The number of amides is 1. The second kappa shape index (κ2) is 6.53. The van der Waals surface area contributed by atoms with Gasteiger partial charge in [-0.2, -0.15) is 0 Å². The summed E-state index contributed by atoms with van der Waals surface area (Å²) in [7, 11) is 0. The van der Waals surface area contributed by atoms with Crippen molar-refractivity contribution >= 4 is 5.91 Å². The first kappa shape index (κ1) is 14.5. The molecular formula is C17H21NO2. The van der Waals surface area contributed by atoms with Crippen LogP contribution in [0, 0.1) is 5.92 Å². The van der Waals surface area contributed by atoms with E-state index in [1.165, 1.54) is 0 Å². The van der Waals surface area contributed by atoms with Crippen LogP contribution in [0.1, 0.15) is 25.3 Å². The third-order valence-electron chi connectivity index (χ3n) is 3.63. The van der Waals surface area contributed by atoms with E-state index in [1.54, 1.807) is 12.2 Å². The highest BCUT2D eigenvalue weighted by molar-refractivity contribution is 5.82. The summed E-state index contributed by atoms with van der Waals surface area (Å²) in [4.78, 5) is 12.3. The average molecular weight is 271 g/mol. The van der Waals surface area contributed by atoms with Gasteiger partial charge in [0.05, 0.1) is 11.5 Å². The van der Waals surface area contributed by atoms with Gasteiger partial charge in [0.25, 0.3) is 0 Å². The quantitative estimate of drug-likeness (QED) is 0.809. The molecule has 1 aromatic carbocycles. The van der Waals surface area contributed by atoms with Crippen LogP contribution >= 0.6 is 0 Å². The molecule has 2 N–H and O–H groups in total. The molecule has 20 heavy (non-hydrogen) atoms. The Morgan fingerprint density at radius 2 is 2.20 bits per heavy atom. The molecule has 0 fully saturated rings. The molecule has 3 nitrogen and oxygen atoms in total. The molecular weight excluding hydrogens is 250 g/mol. The average Bonchev–Trinajstić information content (AvgIpc) is 2.91. The summed E-state index contributed by atoms with van der Waals surface area (Å²) in [5.74, 6) is -0.670. The summed E-state index contributed by atoms with van der Waals surface area (Å²) in [6.45, 7) is 2.34. The van der Waals surface area contributed by atoms with E-state index in [2.05, 4.69) is 5.32 Å². The standard InChI is InChI=1S/C17H21NO2/c1-2-8-15(17(20)11-6-7-12-17)16(19)18-13-14-9-4-3-5-10-14/h2-6,8-11,15,20H,7,12-13H2,1H3,(H,18,19)/b8-2+. The Labute approximate surface area is 120 Å². The molecule has 2 atom stereocenters. The van der Waals surface area contributed by atoms with Gasteiger partial charge in [0.1, 0.15) is 0 Å². The van der Waals surface area contributed by atoms with Crippen LogP contribution in [-0.4, -0.2) is 16.6 Å². The molecule has 1 aliphatic rings. The Balaban J connectivity index is 2.03. The topological polar surface area (TPSA) is 49.3 Å². The van der Waals surface area contributed by atoms with Crippen LogP contribution in [0.2, 0.25) is 0 Å². The molecule has 0 saturated carbocycles. The summed E-state index contributed by atoms with van der Waals surface area (Å²) >= 11 is 0. The van der Waals surface area contributed by atoms with Crippen molar-refractivity contribution in [2.24, 2.45) is 5.92 Å². The Kier molecular flexibility index (Phi) is 4.74. The maximum Gasteiger partial charge on any atom is 0.230 e. The van der Waals surface area contributed by atoms with Gasteiger partial charge in [-0.15, -0.1) is 0 Å². The molecule has 0 heterocycles. The molecule has 0 spiro atoms. The van der Waals surface area contributed by atoms with Crippen molar-refractivity contribution in [3.8, 4) is 0 Å². The van der Waals surface area contributed by atoms with Gasteiger partial charge in [-0.05, 0) is 25.3 Å². The summed E-state index contributed by atoms with van der Waals surface area (Å²) < 4.78 is 0. The largest absolute Gasteiger partial charge is 0.385 e. The van der Waals surface area contributed by atoms with E-state index in [1.807, 2.05) is 49.4 Å². The van der Waals surface area contributed by atoms with Crippen LogP contribution in [0.3, 0.4) is 0 Å². The van der Waals surface area contributed by atoms with E-state index in [0.717, 1.165) is 12.0 Å². The molecule has 1 aromatic rings. The number of hydrogen-bond acceptors (Lipinski definition) is 2. The van der Waals surface area contributed by atoms with E-state index >= 15 is 0 Å². The van der Waals surface area contributed by atoms with Crippen molar-refractivity contribution < 1.29 is 9.90 Å². The van der Waals surface area contributed by atoms with Crippen molar-refractivity contribution in [1.29, 1.82) is 0 Å². The van der Waals surface area contributed by atoms with Gasteiger partial charge < -0.3 is 10.4 Å². The Bertz CT molecular complexity index is 507. The Morgan fingerprint density at radius 1 is 1.45 bits per heavy atom. The molecule has 0 radical (unpaired) electrons. The zero-order chi connectivity index (χ0) is 14.4. The molecule has 2 unspecified atom stereocenters. The molecule has 1 amide bonds. The Morgan fingerprint density at radius 3 is 2.80 bits per heavy atom. The third kappa shape index (κ3) is 3.36. The minimum absolute atomic E-state index is 0.138. The maximum atomic E-state index is 12.3. The van der Waals surface area contributed by atoms with Gasteiger partial charge in [0.15, 0.2) is 0 Å². The van der Waals surface area contributed by atoms with Gasteiger partial charge in [-0.25, -0.2) is 0 Å². The number of aliphatic hydroxyl groups is 1. The van der Waals surface area contributed by atoms with Gasteiger partial charge in [-0.1, -0.05) is 54.6 Å². The van der Waals surface area contributed by atoms with Crippen molar-refractivity contribution in [2.45, 2.75) is 31.9 Å². The van der Waals surface area contributed by atoms with E-state index in [-0.39, 0.29) is 5.91 Å². The van der Waals surface area contributed by atoms with Gasteiger partial charge >= 0.3 is 0 Å². The van der Waals surface area contributed by atoms with E-state index in [4.69, 9.17) is 0 Å². The summed E-state index contributed by atoms with van der Waals surface area (Å²) in [6, 6.07) is 9.76. The lowest BCUT2D eigenvalue weighted by Gasteiger charge is -2.28. The lowest BCUT2D eigenvalue weighted by Crippen LogP contribution is -2.43. The maximum absolute atomic E-state index is 12.3. The molecule has 1 aliphatic carbocycles. The second-order valence-corrected chi connectivity index (χ2v) is 5.14. The number of benzene rings is 1. The highest BCUT2D eigenvalue weighted by Gasteiger charge is 2.38. The van der Waals surface area contributed by atoms with Crippen LogP contribution in [0.4, 0.5) is 0 Å². The molecule has 2 rings (SSSR count). The van der Waals surface area contributed by atoms with Crippen LogP contribution in [-0.2, 0) is 11.3 Å². The molecule has 0 aliphatic heterocycles. The zero-order valence-electron chi connectivity index (χ0n) is 11.8. The second-order valence-electron chi connectivity index (χ2n) is 5.14. The molecule has 0 bridgehead atoms. The van der Waals surface area contributed by atoms with Crippen molar-refractivity contribution in [2.75, 3.05) is 0 Å². The molecule has 3 heteroatoms. The molecule has 0 saturated heterocycles. The Hall–Kier alpha value is -1.87. The number of allylic oxidation sites excluding steroid dienone is 2. The fourth-order valence-corrected chi connectivity index (χ4v) is 2.51. The van der Waals surface area contributed by atoms with Crippen LogP contribution < -0.4 is 5.32 Å². The SMILES string of the molecule is C/C=C/C(C(=O)NCc1ccccc1)C1(O)C=CCC1. The zero-order valence-corrected chi connectivity index (χ0v) is 11.8. The predicted molar refractivity (Wildman–Crippen MR) is 79.9 cm³/mol. The van der Waals surface area contributed by atoms with Crippen molar-refractivity contribution in [1.82, 2.24) is 5.32 Å². The van der Waals surface area contributed by atoms with E-state index in [0.29, 0.717) is 13.0 Å². The van der Waals surface area contributed by atoms with Gasteiger partial charge in [0.2, 0.25) is 5.91 Å². The third-order valence-corrected chi connectivity index (χ3v) is 3.63. The number of rotatable bonds is 5. The van der Waals surface area contributed by atoms with Crippen LogP contribution in [0.5, 0.6) is 0 Å². The number of nitrogens with one attached hydrogen (secondary N) is 1. The molecule has 106 valence electrons.